The number of imidazole rings is 1. The number of hydrogen-bond acceptors (Lipinski definition) is 4. The predicted molar refractivity (Wildman–Crippen MR) is 83.3 cm³/mol. The minimum Gasteiger partial charge on any atom is -0.375 e. The van der Waals surface area contributed by atoms with Crippen LogP contribution in [0.2, 0.25) is 0 Å². The molecule has 6 heteroatoms. The lowest BCUT2D eigenvalue weighted by Gasteiger charge is -2.29. The molecule has 1 saturated heterocycles. The number of piperidine rings is 1. The smallest absolute Gasteiger partial charge is 0.249 e. The quantitative estimate of drug-likeness (QED) is 0.852. The van der Waals surface area contributed by atoms with E-state index >= 15 is 0 Å². The van der Waals surface area contributed by atoms with Gasteiger partial charge in [-0.1, -0.05) is 0 Å². The van der Waals surface area contributed by atoms with E-state index in [4.69, 9.17) is 4.74 Å². The maximum atomic E-state index is 12.5. The average molecular weight is 306 g/mol. The van der Waals surface area contributed by atoms with Gasteiger partial charge in [0, 0.05) is 32.1 Å². The Balaban J connectivity index is 1.75. The molecular weight excluding hydrogens is 280 g/mol. The Morgan fingerprint density at radius 2 is 2.32 bits per heavy atom. The molecule has 1 aromatic heterocycles. The number of aryl methyl sites for hydroxylation is 1. The van der Waals surface area contributed by atoms with Gasteiger partial charge in [-0.25, -0.2) is 4.98 Å². The van der Waals surface area contributed by atoms with Gasteiger partial charge in [-0.2, -0.15) is 0 Å². The van der Waals surface area contributed by atoms with Crippen molar-refractivity contribution in [3.63, 3.8) is 0 Å². The number of amides is 1. The van der Waals surface area contributed by atoms with E-state index in [0.29, 0.717) is 18.0 Å². The maximum Gasteiger partial charge on any atom is 0.249 e. The van der Waals surface area contributed by atoms with Crippen LogP contribution in [0.3, 0.4) is 0 Å². The van der Waals surface area contributed by atoms with Crippen molar-refractivity contribution in [3.8, 4) is 0 Å². The molecule has 0 radical (unpaired) electrons. The number of methoxy groups -OCH3 is 1. The van der Waals surface area contributed by atoms with Gasteiger partial charge in [0.25, 0.3) is 0 Å². The number of nitrogens with one attached hydrogen (secondary N) is 1. The lowest BCUT2D eigenvalue weighted by atomic mass is 9.93. The molecule has 1 unspecified atom stereocenters. The van der Waals surface area contributed by atoms with Crippen LogP contribution < -0.4 is 5.32 Å². The molecule has 1 saturated carbocycles. The molecular formula is C16H26N4O2. The van der Waals surface area contributed by atoms with Crippen LogP contribution in [0.4, 0.5) is 0 Å². The molecule has 1 aliphatic carbocycles. The summed E-state index contributed by atoms with van der Waals surface area (Å²) >= 11 is 0. The van der Waals surface area contributed by atoms with Gasteiger partial charge in [-0.3, -0.25) is 4.79 Å². The number of carbonyl (C=O) groups is 1. The monoisotopic (exact) mass is 306 g/mol. The number of nitrogens with zero attached hydrogens (tertiary/aromatic N) is 3. The molecule has 1 aromatic rings. The van der Waals surface area contributed by atoms with Crippen molar-refractivity contribution in [2.75, 3.05) is 26.8 Å². The van der Waals surface area contributed by atoms with E-state index in [-0.39, 0.29) is 12.5 Å². The van der Waals surface area contributed by atoms with E-state index < -0.39 is 0 Å². The third-order valence-corrected chi connectivity index (χ3v) is 5.16. The summed E-state index contributed by atoms with van der Waals surface area (Å²) in [6.45, 7) is 5.83. The van der Waals surface area contributed by atoms with Gasteiger partial charge in [-0.05, 0) is 44.7 Å². The fourth-order valence-electron chi connectivity index (χ4n) is 3.74. The van der Waals surface area contributed by atoms with Crippen molar-refractivity contribution in [1.82, 2.24) is 19.8 Å². The second-order valence-electron chi connectivity index (χ2n) is 6.42. The summed E-state index contributed by atoms with van der Waals surface area (Å²) in [5.74, 6) is 1.04. The molecule has 22 heavy (non-hydrogen) atoms. The number of ether oxygens (including phenoxy) is 1. The maximum absolute atomic E-state index is 12.5. The summed E-state index contributed by atoms with van der Waals surface area (Å²) in [5, 5.41) is 3.41. The fourth-order valence-corrected chi connectivity index (χ4v) is 3.74. The molecule has 122 valence electrons. The van der Waals surface area contributed by atoms with E-state index in [0.717, 1.165) is 44.7 Å². The molecule has 1 amide bonds. The summed E-state index contributed by atoms with van der Waals surface area (Å²) in [4.78, 5) is 19.0. The molecule has 2 aliphatic rings. The zero-order valence-electron chi connectivity index (χ0n) is 13.5. The van der Waals surface area contributed by atoms with Crippen LogP contribution in [0.25, 0.3) is 0 Å². The molecule has 1 atom stereocenters. The zero-order chi connectivity index (χ0) is 15.6. The lowest BCUT2D eigenvalue weighted by Crippen LogP contribution is -2.41. The number of aromatic nitrogens is 2. The first kappa shape index (κ1) is 15.5. The van der Waals surface area contributed by atoms with Crippen LogP contribution in [0.5, 0.6) is 0 Å². The first-order valence-electron chi connectivity index (χ1n) is 8.19. The highest BCUT2D eigenvalue weighted by Crippen LogP contribution is 2.56. The fraction of sp³-hybridized carbons (Fsp3) is 0.750. The first-order valence-corrected chi connectivity index (χ1v) is 8.19. The van der Waals surface area contributed by atoms with Crippen LogP contribution in [0, 0.1) is 5.41 Å². The van der Waals surface area contributed by atoms with E-state index in [1.807, 2.05) is 17.3 Å². The number of rotatable bonds is 6. The minimum absolute atomic E-state index is 0.0774. The summed E-state index contributed by atoms with van der Waals surface area (Å²) in [6.07, 6.45) is 7.23. The lowest BCUT2D eigenvalue weighted by molar-refractivity contribution is -0.137. The second-order valence-corrected chi connectivity index (χ2v) is 6.42. The molecule has 0 aromatic carbocycles. The molecule has 1 N–H and O–H groups in total. The van der Waals surface area contributed by atoms with E-state index in [1.165, 1.54) is 0 Å². The predicted octanol–water partition coefficient (Wildman–Crippen LogP) is 1.02. The normalized spacial score (nSPS) is 22.7. The Hall–Kier alpha value is -1.40. The first-order chi connectivity index (χ1) is 10.7. The number of carbonyl (C=O) groups excluding carboxylic acids is 1. The van der Waals surface area contributed by atoms with Crippen molar-refractivity contribution in [3.05, 3.63) is 18.2 Å². The average Bonchev–Trinajstić information content (AvgIpc) is 3.00. The van der Waals surface area contributed by atoms with Gasteiger partial charge < -0.3 is 19.5 Å². The molecule has 0 bridgehead atoms. The topological polar surface area (TPSA) is 59.4 Å². The second kappa shape index (κ2) is 6.38. The van der Waals surface area contributed by atoms with Crippen molar-refractivity contribution in [2.24, 2.45) is 5.41 Å². The van der Waals surface area contributed by atoms with E-state index in [2.05, 4.69) is 21.8 Å². The molecule has 3 rings (SSSR count). The van der Waals surface area contributed by atoms with Crippen LogP contribution in [-0.2, 0) is 22.6 Å². The van der Waals surface area contributed by atoms with Crippen LogP contribution in [-0.4, -0.2) is 53.2 Å². The Kier molecular flexibility index (Phi) is 4.49. The Labute approximate surface area is 131 Å². The molecule has 2 heterocycles. The van der Waals surface area contributed by atoms with E-state index in [1.54, 1.807) is 7.11 Å². The minimum atomic E-state index is 0.0774. The van der Waals surface area contributed by atoms with Gasteiger partial charge in [0.05, 0.1) is 6.54 Å². The summed E-state index contributed by atoms with van der Waals surface area (Å²) in [7, 11) is 1.58. The largest absolute Gasteiger partial charge is 0.375 e. The third-order valence-electron chi connectivity index (χ3n) is 5.16. The summed E-state index contributed by atoms with van der Waals surface area (Å²) in [6, 6.07) is 0.347. The zero-order valence-corrected chi connectivity index (χ0v) is 13.5. The SMILES string of the molecule is CCn1ccnc1CN(C(=O)COC)C1CC12CCNCC2. The number of hydrogen-bond donors (Lipinski definition) is 1. The Morgan fingerprint density at radius 3 is 3.00 bits per heavy atom. The standard InChI is InChI=1S/C16H26N4O2/c1-3-19-9-8-18-14(19)11-20(15(21)12-22-2)13-10-16(13)4-6-17-7-5-16/h8-9,13,17H,3-7,10-12H2,1-2H3. The van der Waals surface area contributed by atoms with Crippen LogP contribution in [0.1, 0.15) is 32.0 Å². The van der Waals surface area contributed by atoms with Crippen molar-refractivity contribution in [2.45, 2.75) is 45.3 Å². The van der Waals surface area contributed by atoms with Crippen molar-refractivity contribution in [1.29, 1.82) is 0 Å². The highest BCUT2D eigenvalue weighted by atomic mass is 16.5. The Morgan fingerprint density at radius 1 is 1.55 bits per heavy atom. The molecule has 6 nitrogen and oxygen atoms in total. The summed E-state index contributed by atoms with van der Waals surface area (Å²) < 4.78 is 7.19. The van der Waals surface area contributed by atoms with Crippen molar-refractivity contribution >= 4 is 5.91 Å². The highest BCUT2D eigenvalue weighted by Gasteiger charge is 2.57. The van der Waals surface area contributed by atoms with Gasteiger partial charge in [-0.15, -0.1) is 0 Å². The van der Waals surface area contributed by atoms with Gasteiger partial charge in [0.2, 0.25) is 5.91 Å². The van der Waals surface area contributed by atoms with Crippen molar-refractivity contribution < 1.29 is 9.53 Å². The Bertz CT molecular complexity index is 522. The van der Waals surface area contributed by atoms with Gasteiger partial charge >= 0.3 is 0 Å². The highest BCUT2D eigenvalue weighted by molar-refractivity contribution is 5.78. The molecule has 1 spiro atoms. The van der Waals surface area contributed by atoms with Crippen LogP contribution in [0.15, 0.2) is 12.4 Å². The summed E-state index contributed by atoms with van der Waals surface area (Å²) in [5.41, 5.74) is 0.332. The van der Waals surface area contributed by atoms with Crippen LogP contribution >= 0.6 is 0 Å². The van der Waals surface area contributed by atoms with Gasteiger partial charge in [0.15, 0.2) is 0 Å². The van der Waals surface area contributed by atoms with E-state index in [9.17, 15) is 4.79 Å². The third kappa shape index (κ3) is 2.90. The molecule has 1 aliphatic heterocycles. The molecule has 2 fully saturated rings. The van der Waals surface area contributed by atoms with Gasteiger partial charge in [0.1, 0.15) is 12.4 Å².